The molecule has 19 heavy (non-hydrogen) atoms. The van der Waals surface area contributed by atoms with E-state index in [1.165, 1.54) is 51.4 Å². The van der Waals surface area contributed by atoms with Crippen LogP contribution in [0.1, 0.15) is 70.6 Å². The van der Waals surface area contributed by atoms with Crippen LogP contribution in [-0.2, 0) is 9.84 Å². The second-order valence-corrected chi connectivity index (χ2v) is 8.03. The molecule has 2 nitrogen and oxygen atoms in total. The average Bonchev–Trinajstić information content (AvgIpc) is 2.46. The molecule has 3 heteroatoms. The lowest BCUT2D eigenvalue weighted by molar-refractivity contribution is 0.350. The summed E-state index contributed by atoms with van der Waals surface area (Å²) >= 11 is 0. The second-order valence-electron chi connectivity index (χ2n) is 6.19. The van der Waals surface area contributed by atoms with Crippen molar-refractivity contribution in [3.8, 4) is 11.2 Å². The van der Waals surface area contributed by atoms with Crippen molar-refractivity contribution in [1.82, 2.24) is 0 Å². The van der Waals surface area contributed by atoms with E-state index < -0.39 is 9.84 Å². The first-order chi connectivity index (χ1) is 9.16. The number of hydrogen-bond donors (Lipinski definition) is 0. The standard InChI is InChI=1S/C16H26O2S/c17-19(18,13-11-15-7-3-1-4-8-15)14-12-16-9-5-2-6-10-16/h15-16H,1-11,13H2. The molecule has 0 aromatic rings. The van der Waals surface area contributed by atoms with E-state index in [2.05, 4.69) is 11.2 Å². The molecule has 0 N–H and O–H groups in total. The summed E-state index contributed by atoms with van der Waals surface area (Å²) in [6, 6.07) is 0. The van der Waals surface area contributed by atoms with E-state index in [-0.39, 0.29) is 5.75 Å². The first kappa shape index (κ1) is 14.9. The molecule has 0 aliphatic heterocycles. The van der Waals surface area contributed by atoms with Crippen molar-refractivity contribution >= 4 is 9.84 Å². The van der Waals surface area contributed by atoms with Crippen molar-refractivity contribution in [1.29, 1.82) is 0 Å². The quantitative estimate of drug-likeness (QED) is 0.581. The van der Waals surface area contributed by atoms with Gasteiger partial charge in [-0.15, -0.1) is 0 Å². The number of rotatable bonds is 3. The predicted octanol–water partition coefficient (Wildman–Crippen LogP) is 3.91. The smallest absolute Gasteiger partial charge is 0.215 e. The highest BCUT2D eigenvalue weighted by atomic mass is 32.2. The van der Waals surface area contributed by atoms with Crippen molar-refractivity contribution in [2.75, 3.05) is 5.75 Å². The normalized spacial score (nSPS) is 22.7. The van der Waals surface area contributed by atoms with Crippen molar-refractivity contribution in [3.05, 3.63) is 0 Å². The van der Waals surface area contributed by atoms with E-state index in [9.17, 15) is 8.42 Å². The number of hydrogen-bond acceptors (Lipinski definition) is 2. The van der Waals surface area contributed by atoms with Crippen molar-refractivity contribution < 1.29 is 8.42 Å². The van der Waals surface area contributed by atoms with Gasteiger partial charge in [0.15, 0.2) is 0 Å². The molecule has 2 aliphatic carbocycles. The van der Waals surface area contributed by atoms with Crippen LogP contribution >= 0.6 is 0 Å². The van der Waals surface area contributed by atoms with E-state index >= 15 is 0 Å². The summed E-state index contributed by atoms with van der Waals surface area (Å²) in [6.45, 7) is 0. The fourth-order valence-electron chi connectivity index (χ4n) is 3.27. The van der Waals surface area contributed by atoms with Gasteiger partial charge in [-0.05, 0) is 25.2 Å². The van der Waals surface area contributed by atoms with Crippen LogP contribution in [0.3, 0.4) is 0 Å². The van der Waals surface area contributed by atoms with Crippen LogP contribution in [0.15, 0.2) is 0 Å². The third kappa shape index (κ3) is 5.57. The van der Waals surface area contributed by atoms with Gasteiger partial charge in [0.2, 0.25) is 9.84 Å². The minimum atomic E-state index is -3.14. The maximum Gasteiger partial charge on any atom is 0.216 e. The minimum absolute atomic E-state index is 0.275. The van der Waals surface area contributed by atoms with Gasteiger partial charge in [0.25, 0.3) is 0 Å². The predicted molar refractivity (Wildman–Crippen MR) is 79.3 cm³/mol. The lowest BCUT2D eigenvalue weighted by Gasteiger charge is -2.20. The summed E-state index contributed by atoms with van der Waals surface area (Å²) in [5.41, 5.74) is 0. The zero-order valence-corrected chi connectivity index (χ0v) is 12.7. The molecular formula is C16H26O2S. The van der Waals surface area contributed by atoms with E-state index in [1.54, 1.807) is 0 Å². The van der Waals surface area contributed by atoms with E-state index in [1.807, 2.05) is 0 Å². The molecule has 0 radical (unpaired) electrons. The fraction of sp³-hybridized carbons (Fsp3) is 0.875. The Balaban J connectivity index is 1.79. The van der Waals surface area contributed by atoms with Crippen LogP contribution in [0.25, 0.3) is 0 Å². The van der Waals surface area contributed by atoms with Gasteiger partial charge in [0.1, 0.15) is 0 Å². The second kappa shape index (κ2) is 7.33. The molecule has 0 aromatic carbocycles. The van der Waals surface area contributed by atoms with Crippen LogP contribution in [0.4, 0.5) is 0 Å². The minimum Gasteiger partial charge on any atom is -0.215 e. The molecule has 2 saturated carbocycles. The van der Waals surface area contributed by atoms with E-state index in [4.69, 9.17) is 0 Å². The van der Waals surface area contributed by atoms with Gasteiger partial charge in [0.05, 0.1) is 5.75 Å². The summed E-state index contributed by atoms with van der Waals surface area (Å²) < 4.78 is 23.9. The summed E-state index contributed by atoms with van der Waals surface area (Å²) in [5.74, 6) is 4.24. The first-order valence-electron chi connectivity index (χ1n) is 7.91. The van der Waals surface area contributed by atoms with E-state index in [0.29, 0.717) is 11.8 Å². The molecule has 0 spiro atoms. The first-order valence-corrected chi connectivity index (χ1v) is 9.56. The van der Waals surface area contributed by atoms with Crippen LogP contribution in [0.2, 0.25) is 0 Å². The Hall–Kier alpha value is -0.490. The van der Waals surface area contributed by atoms with Gasteiger partial charge in [-0.1, -0.05) is 57.3 Å². The van der Waals surface area contributed by atoms with Crippen molar-refractivity contribution in [3.63, 3.8) is 0 Å². The molecule has 0 aromatic heterocycles. The van der Waals surface area contributed by atoms with Crippen molar-refractivity contribution in [2.45, 2.75) is 70.6 Å². The van der Waals surface area contributed by atoms with E-state index in [0.717, 1.165) is 19.3 Å². The third-order valence-corrected chi connectivity index (χ3v) is 5.75. The van der Waals surface area contributed by atoms with Gasteiger partial charge in [-0.2, -0.15) is 0 Å². The highest BCUT2D eigenvalue weighted by molar-refractivity contribution is 7.96. The lowest BCUT2D eigenvalue weighted by Crippen LogP contribution is -2.13. The maximum absolute atomic E-state index is 11.9. The molecule has 0 heterocycles. The molecule has 0 unspecified atom stereocenters. The summed E-state index contributed by atoms with van der Waals surface area (Å²) in [5, 5.41) is 2.59. The van der Waals surface area contributed by atoms with Gasteiger partial charge in [0, 0.05) is 11.2 Å². The van der Waals surface area contributed by atoms with Crippen LogP contribution in [-0.4, -0.2) is 14.2 Å². The zero-order chi connectivity index (χ0) is 13.6. The lowest BCUT2D eigenvalue weighted by atomic mass is 9.88. The van der Waals surface area contributed by atoms with Crippen LogP contribution in [0, 0.1) is 23.0 Å². The molecule has 0 atom stereocenters. The van der Waals surface area contributed by atoms with Crippen LogP contribution in [0.5, 0.6) is 0 Å². The Morgan fingerprint density at radius 2 is 1.42 bits per heavy atom. The molecule has 108 valence electrons. The van der Waals surface area contributed by atoms with Gasteiger partial charge in [-0.3, -0.25) is 0 Å². The Bertz CT molecular complexity index is 415. The highest BCUT2D eigenvalue weighted by Crippen LogP contribution is 2.26. The molecule has 2 fully saturated rings. The van der Waals surface area contributed by atoms with Gasteiger partial charge in [-0.25, -0.2) is 8.42 Å². The average molecular weight is 282 g/mol. The Kier molecular flexibility index (Phi) is 5.76. The Labute approximate surface area is 118 Å². The Morgan fingerprint density at radius 3 is 2.05 bits per heavy atom. The summed E-state index contributed by atoms with van der Waals surface area (Å²) in [4.78, 5) is 0. The number of sulfone groups is 1. The van der Waals surface area contributed by atoms with Gasteiger partial charge >= 0.3 is 0 Å². The maximum atomic E-state index is 11.9. The molecule has 2 rings (SSSR count). The highest BCUT2D eigenvalue weighted by Gasteiger charge is 2.17. The molecule has 0 amide bonds. The monoisotopic (exact) mass is 282 g/mol. The van der Waals surface area contributed by atoms with Gasteiger partial charge < -0.3 is 0 Å². The molecule has 0 saturated heterocycles. The zero-order valence-electron chi connectivity index (χ0n) is 11.9. The fourth-order valence-corrected chi connectivity index (χ4v) is 4.36. The topological polar surface area (TPSA) is 34.1 Å². The largest absolute Gasteiger partial charge is 0.216 e. The molecular weight excluding hydrogens is 256 g/mol. The summed E-state index contributed by atoms with van der Waals surface area (Å²) in [7, 11) is -3.14. The SMILES string of the molecule is O=S(=O)(C#CC1CCCCC1)CCC1CCCCC1. The molecule has 2 aliphatic rings. The summed E-state index contributed by atoms with van der Waals surface area (Å²) in [6.07, 6.45) is 13.0. The van der Waals surface area contributed by atoms with Crippen molar-refractivity contribution in [2.24, 2.45) is 11.8 Å². The Morgan fingerprint density at radius 1 is 0.842 bits per heavy atom. The van der Waals surface area contributed by atoms with Crippen LogP contribution < -0.4 is 0 Å². The molecule has 0 bridgehead atoms. The third-order valence-electron chi connectivity index (χ3n) is 4.54.